The molecule has 0 unspecified atom stereocenters. The van der Waals surface area contributed by atoms with Crippen molar-refractivity contribution < 1.29 is 4.39 Å². The molecule has 0 aliphatic heterocycles. The zero-order chi connectivity index (χ0) is 13.0. The van der Waals surface area contributed by atoms with Crippen LogP contribution in [0.4, 0.5) is 4.39 Å². The van der Waals surface area contributed by atoms with Crippen LogP contribution in [0.3, 0.4) is 0 Å². The van der Waals surface area contributed by atoms with Crippen LogP contribution in [-0.4, -0.2) is 0 Å². The molecule has 1 aromatic heterocycles. The number of aryl methyl sites for hydroxylation is 2. The number of thiophene rings is 1. The molecule has 1 nitrogen and oxygen atoms in total. The zero-order valence-electron chi connectivity index (χ0n) is 10.8. The fourth-order valence-electron chi connectivity index (χ4n) is 2.01. The molecule has 0 aliphatic carbocycles. The van der Waals surface area contributed by atoms with E-state index in [1.165, 1.54) is 16.5 Å². The average molecular weight is 263 g/mol. The van der Waals surface area contributed by atoms with Gasteiger partial charge in [-0.15, -0.1) is 11.3 Å². The van der Waals surface area contributed by atoms with Crippen LogP contribution in [0.15, 0.2) is 29.6 Å². The van der Waals surface area contributed by atoms with Crippen LogP contribution >= 0.6 is 11.3 Å². The summed E-state index contributed by atoms with van der Waals surface area (Å²) in [5, 5.41) is 5.56. The highest BCUT2D eigenvalue weighted by Gasteiger charge is 2.03. The zero-order valence-corrected chi connectivity index (χ0v) is 11.6. The summed E-state index contributed by atoms with van der Waals surface area (Å²) >= 11 is 1.79. The second kappa shape index (κ2) is 6.12. The lowest BCUT2D eigenvalue weighted by molar-refractivity contribution is 0.623. The second-order valence-corrected chi connectivity index (χ2v) is 5.40. The Hall–Kier alpha value is -1.19. The molecule has 0 fully saturated rings. The smallest absolute Gasteiger partial charge is 0.123 e. The largest absolute Gasteiger partial charge is 0.308 e. The Labute approximate surface area is 112 Å². The van der Waals surface area contributed by atoms with Crippen molar-refractivity contribution in [1.29, 1.82) is 0 Å². The third kappa shape index (κ3) is 3.18. The van der Waals surface area contributed by atoms with Crippen molar-refractivity contribution in [1.82, 2.24) is 5.32 Å². The van der Waals surface area contributed by atoms with Gasteiger partial charge >= 0.3 is 0 Å². The molecule has 0 saturated heterocycles. The Bertz CT molecular complexity index is 519. The van der Waals surface area contributed by atoms with Gasteiger partial charge in [-0.05, 0) is 53.6 Å². The van der Waals surface area contributed by atoms with Gasteiger partial charge in [0.1, 0.15) is 5.82 Å². The summed E-state index contributed by atoms with van der Waals surface area (Å²) in [6, 6.07) is 7.14. The van der Waals surface area contributed by atoms with Gasteiger partial charge in [0.25, 0.3) is 0 Å². The van der Waals surface area contributed by atoms with E-state index >= 15 is 0 Å². The van der Waals surface area contributed by atoms with Gasteiger partial charge in [-0.1, -0.05) is 13.0 Å². The first-order chi connectivity index (χ1) is 8.70. The van der Waals surface area contributed by atoms with E-state index in [1.54, 1.807) is 17.4 Å². The van der Waals surface area contributed by atoms with Crippen molar-refractivity contribution in [2.45, 2.75) is 33.4 Å². The molecule has 96 valence electrons. The van der Waals surface area contributed by atoms with Gasteiger partial charge < -0.3 is 5.32 Å². The molecule has 0 radical (unpaired) electrons. The average Bonchev–Trinajstić information content (AvgIpc) is 2.79. The Morgan fingerprint density at radius 3 is 2.72 bits per heavy atom. The van der Waals surface area contributed by atoms with Crippen LogP contribution in [0.1, 0.15) is 28.5 Å². The minimum Gasteiger partial charge on any atom is -0.308 e. The molecule has 2 rings (SSSR count). The molecule has 18 heavy (non-hydrogen) atoms. The third-order valence-corrected chi connectivity index (χ3v) is 4.09. The highest BCUT2D eigenvalue weighted by Crippen LogP contribution is 2.17. The van der Waals surface area contributed by atoms with Gasteiger partial charge in [0.05, 0.1) is 0 Å². The number of rotatable bonds is 5. The molecule has 0 bridgehead atoms. The number of nitrogens with one attached hydrogen (secondary N) is 1. The predicted octanol–water partition coefficient (Wildman–Crippen LogP) is 4.05. The Morgan fingerprint density at radius 1 is 1.17 bits per heavy atom. The second-order valence-electron chi connectivity index (χ2n) is 4.40. The van der Waals surface area contributed by atoms with E-state index in [0.717, 1.165) is 30.6 Å². The highest BCUT2D eigenvalue weighted by molar-refractivity contribution is 7.10. The van der Waals surface area contributed by atoms with Crippen molar-refractivity contribution >= 4 is 11.3 Å². The monoisotopic (exact) mass is 263 g/mol. The molecule has 0 amide bonds. The molecule has 0 spiro atoms. The SMILES string of the molecule is CCc1ccsc1CNCc1ccc(F)cc1C. The lowest BCUT2D eigenvalue weighted by Gasteiger charge is -2.08. The minimum absolute atomic E-state index is 0.164. The maximum absolute atomic E-state index is 13.0. The quantitative estimate of drug-likeness (QED) is 0.858. The molecule has 1 aromatic carbocycles. The van der Waals surface area contributed by atoms with Gasteiger partial charge in [-0.25, -0.2) is 4.39 Å². The van der Waals surface area contributed by atoms with Crippen molar-refractivity contribution in [2.75, 3.05) is 0 Å². The summed E-state index contributed by atoms with van der Waals surface area (Å²) in [7, 11) is 0. The first-order valence-electron chi connectivity index (χ1n) is 6.21. The molecular weight excluding hydrogens is 245 g/mol. The summed E-state index contributed by atoms with van der Waals surface area (Å²) in [6.45, 7) is 5.79. The van der Waals surface area contributed by atoms with E-state index in [1.807, 2.05) is 13.0 Å². The van der Waals surface area contributed by atoms with E-state index in [-0.39, 0.29) is 5.82 Å². The third-order valence-electron chi connectivity index (χ3n) is 3.12. The van der Waals surface area contributed by atoms with Crippen LogP contribution in [0.5, 0.6) is 0 Å². The number of hydrogen-bond donors (Lipinski definition) is 1. The van der Waals surface area contributed by atoms with E-state index in [4.69, 9.17) is 0 Å². The maximum atomic E-state index is 13.0. The first kappa shape index (κ1) is 13.2. The van der Waals surface area contributed by atoms with E-state index in [2.05, 4.69) is 23.7 Å². The molecule has 1 heterocycles. The topological polar surface area (TPSA) is 12.0 Å². The van der Waals surface area contributed by atoms with E-state index < -0.39 is 0 Å². The fourth-order valence-corrected chi connectivity index (χ4v) is 2.95. The lowest BCUT2D eigenvalue weighted by atomic mass is 10.1. The Morgan fingerprint density at radius 2 is 2.00 bits per heavy atom. The first-order valence-corrected chi connectivity index (χ1v) is 7.09. The number of halogens is 1. The summed E-state index contributed by atoms with van der Waals surface area (Å²) in [6.07, 6.45) is 1.08. The minimum atomic E-state index is -0.164. The van der Waals surface area contributed by atoms with Crippen LogP contribution in [-0.2, 0) is 19.5 Å². The summed E-state index contributed by atoms with van der Waals surface area (Å²) in [5.74, 6) is -0.164. The van der Waals surface area contributed by atoms with Gasteiger partial charge in [0, 0.05) is 18.0 Å². The van der Waals surface area contributed by atoms with E-state index in [9.17, 15) is 4.39 Å². The van der Waals surface area contributed by atoms with Crippen molar-refractivity contribution in [2.24, 2.45) is 0 Å². The Balaban J connectivity index is 1.92. The van der Waals surface area contributed by atoms with Gasteiger partial charge in [-0.2, -0.15) is 0 Å². The van der Waals surface area contributed by atoms with Gasteiger partial charge in [-0.3, -0.25) is 0 Å². The number of hydrogen-bond acceptors (Lipinski definition) is 2. The standard InChI is InChI=1S/C15H18FNS/c1-3-12-6-7-18-15(12)10-17-9-13-4-5-14(16)8-11(13)2/h4-8,17H,3,9-10H2,1-2H3. The van der Waals surface area contributed by atoms with Crippen molar-refractivity contribution in [3.05, 3.63) is 57.0 Å². The van der Waals surface area contributed by atoms with Gasteiger partial charge in [0.15, 0.2) is 0 Å². The van der Waals surface area contributed by atoms with Crippen molar-refractivity contribution in [3.8, 4) is 0 Å². The molecule has 0 saturated carbocycles. The number of benzene rings is 1. The fraction of sp³-hybridized carbons (Fsp3) is 0.333. The molecule has 2 aromatic rings. The summed E-state index contributed by atoms with van der Waals surface area (Å²) < 4.78 is 13.0. The van der Waals surface area contributed by atoms with Crippen LogP contribution in [0, 0.1) is 12.7 Å². The molecular formula is C15H18FNS. The van der Waals surface area contributed by atoms with E-state index in [0.29, 0.717) is 0 Å². The van der Waals surface area contributed by atoms with Gasteiger partial charge in [0.2, 0.25) is 0 Å². The van der Waals surface area contributed by atoms with Crippen molar-refractivity contribution in [3.63, 3.8) is 0 Å². The van der Waals surface area contributed by atoms with Crippen LogP contribution in [0.2, 0.25) is 0 Å². The molecule has 0 atom stereocenters. The summed E-state index contributed by atoms with van der Waals surface area (Å²) in [4.78, 5) is 1.40. The Kier molecular flexibility index (Phi) is 4.50. The molecule has 3 heteroatoms. The van der Waals surface area contributed by atoms with Crippen LogP contribution in [0.25, 0.3) is 0 Å². The van der Waals surface area contributed by atoms with Crippen LogP contribution < -0.4 is 5.32 Å². The predicted molar refractivity (Wildman–Crippen MR) is 75.4 cm³/mol. The normalized spacial score (nSPS) is 10.8. The highest BCUT2D eigenvalue weighted by atomic mass is 32.1. The summed E-state index contributed by atoms with van der Waals surface area (Å²) in [5.41, 5.74) is 3.58. The molecule has 1 N–H and O–H groups in total. The lowest BCUT2D eigenvalue weighted by Crippen LogP contribution is -2.13. The molecule has 0 aliphatic rings. The maximum Gasteiger partial charge on any atom is 0.123 e.